The fraction of sp³-hybridized carbons (Fsp3) is 0.600. The van der Waals surface area contributed by atoms with Crippen molar-refractivity contribution in [3.63, 3.8) is 0 Å². The Labute approximate surface area is 172 Å². The van der Waals surface area contributed by atoms with E-state index in [-0.39, 0.29) is 22.7 Å². The van der Waals surface area contributed by atoms with E-state index >= 15 is 0 Å². The van der Waals surface area contributed by atoms with Gasteiger partial charge >= 0.3 is 0 Å². The highest BCUT2D eigenvalue weighted by Gasteiger charge is 2.30. The maximum atomic E-state index is 12.8. The van der Waals surface area contributed by atoms with Gasteiger partial charge in [-0.25, -0.2) is 8.42 Å². The van der Waals surface area contributed by atoms with E-state index in [1.807, 2.05) is 16.7 Å². The number of rotatable bonds is 6. The average molecular weight is 424 g/mol. The first-order valence-electron chi connectivity index (χ1n) is 10.0. The first kappa shape index (κ1) is 21.9. The third kappa shape index (κ3) is 5.22. The number of ether oxygens (including phenoxy) is 1. The summed E-state index contributed by atoms with van der Waals surface area (Å²) in [6.07, 6.45) is 0.984. The van der Waals surface area contributed by atoms with Crippen molar-refractivity contribution in [1.82, 2.24) is 14.1 Å². The van der Waals surface area contributed by atoms with E-state index in [1.54, 1.807) is 0 Å². The molecule has 2 fully saturated rings. The van der Waals surface area contributed by atoms with Crippen molar-refractivity contribution in [3.05, 3.63) is 29.8 Å². The number of morpholine rings is 1. The zero-order chi connectivity index (χ0) is 21.0. The second-order valence-corrected chi connectivity index (χ2v) is 9.44. The standard InChI is InChI=1S/C20H29N3O5S/c1-3-18-14-22(12-13-28-18)20(25)15-21-8-10-23(11-9-21)29(26,27)19-6-4-17(5-7-19)16(2)24/h4-7,18H,3,8-15H2,1-2H3. The maximum Gasteiger partial charge on any atom is 0.243 e. The van der Waals surface area contributed by atoms with E-state index in [0.717, 1.165) is 6.42 Å². The van der Waals surface area contributed by atoms with Gasteiger partial charge in [-0.2, -0.15) is 4.31 Å². The van der Waals surface area contributed by atoms with Gasteiger partial charge in [0.25, 0.3) is 0 Å². The molecule has 2 saturated heterocycles. The van der Waals surface area contributed by atoms with E-state index in [4.69, 9.17) is 4.74 Å². The Bertz CT molecular complexity index is 832. The van der Waals surface area contributed by atoms with Gasteiger partial charge in [-0.3, -0.25) is 14.5 Å². The first-order chi connectivity index (χ1) is 13.8. The highest BCUT2D eigenvalue weighted by atomic mass is 32.2. The van der Waals surface area contributed by atoms with Crippen molar-refractivity contribution in [2.45, 2.75) is 31.3 Å². The molecule has 160 valence electrons. The summed E-state index contributed by atoms with van der Waals surface area (Å²) in [5.41, 5.74) is 0.487. The van der Waals surface area contributed by atoms with Gasteiger partial charge in [0.15, 0.2) is 5.78 Å². The fourth-order valence-electron chi connectivity index (χ4n) is 3.62. The summed E-state index contributed by atoms with van der Waals surface area (Å²) in [6, 6.07) is 6.03. The van der Waals surface area contributed by atoms with Gasteiger partial charge in [0.05, 0.1) is 24.2 Å². The van der Waals surface area contributed by atoms with Crippen molar-refractivity contribution in [2.75, 3.05) is 52.4 Å². The molecule has 2 aliphatic rings. The molecule has 2 heterocycles. The Hall–Kier alpha value is -1.81. The molecule has 1 atom stereocenters. The zero-order valence-corrected chi connectivity index (χ0v) is 17.9. The van der Waals surface area contributed by atoms with Crippen LogP contribution in [0.5, 0.6) is 0 Å². The number of nitrogens with zero attached hydrogens (tertiary/aromatic N) is 3. The fourth-order valence-corrected chi connectivity index (χ4v) is 5.04. The lowest BCUT2D eigenvalue weighted by Crippen LogP contribution is -2.53. The molecular weight excluding hydrogens is 394 g/mol. The summed E-state index contributed by atoms with van der Waals surface area (Å²) in [6.45, 7) is 7.30. The van der Waals surface area contributed by atoms with Crippen LogP contribution >= 0.6 is 0 Å². The summed E-state index contributed by atoms with van der Waals surface area (Å²) in [5, 5.41) is 0. The Morgan fingerprint density at radius 2 is 1.72 bits per heavy atom. The number of sulfonamides is 1. The van der Waals surface area contributed by atoms with Crippen LogP contribution in [0.15, 0.2) is 29.2 Å². The molecule has 0 radical (unpaired) electrons. The summed E-state index contributed by atoms with van der Waals surface area (Å²) in [5.74, 6) is -0.0272. The lowest BCUT2D eigenvalue weighted by Gasteiger charge is -2.36. The number of Topliss-reactive ketones (excluding diaryl/α,β-unsaturated/α-hetero) is 1. The predicted octanol–water partition coefficient (Wildman–Crippen LogP) is 0.833. The van der Waals surface area contributed by atoms with Crippen molar-refractivity contribution >= 4 is 21.7 Å². The van der Waals surface area contributed by atoms with Crippen LogP contribution in [0.1, 0.15) is 30.6 Å². The van der Waals surface area contributed by atoms with E-state index < -0.39 is 10.0 Å². The third-order valence-electron chi connectivity index (χ3n) is 5.54. The molecule has 1 aromatic rings. The van der Waals surface area contributed by atoms with Gasteiger partial charge in [-0.15, -0.1) is 0 Å². The number of carbonyl (C=O) groups excluding carboxylic acids is 2. The summed E-state index contributed by atoms with van der Waals surface area (Å²) in [4.78, 5) is 28.0. The lowest BCUT2D eigenvalue weighted by atomic mass is 10.2. The molecule has 9 heteroatoms. The molecule has 0 aromatic heterocycles. The number of hydrogen-bond acceptors (Lipinski definition) is 6. The van der Waals surface area contributed by atoms with Crippen LogP contribution in [0.25, 0.3) is 0 Å². The van der Waals surface area contributed by atoms with Gasteiger partial charge in [-0.1, -0.05) is 19.1 Å². The van der Waals surface area contributed by atoms with Gasteiger partial charge in [-0.05, 0) is 25.5 Å². The molecular formula is C20H29N3O5S. The number of ketones is 1. The number of amides is 1. The molecule has 1 unspecified atom stereocenters. The van der Waals surface area contributed by atoms with E-state index in [1.165, 1.54) is 35.5 Å². The third-order valence-corrected chi connectivity index (χ3v) is 7.45. The van der Waals surface area contributed by atoms with Crippen LogP contribution in [-0.4, -0.2) is 92.7 Å². The quantitative estimate of drug-likeness (QED) is 0.630. The van der Waals surface area contributed by atoms with Crippen LogP contribution in [-0.2, 0) is 19.6 Å². The van der Waals surface area contributed by atoms with Crippen molar-refractivity contribution < 1.29 is 22.7 Å². The summed E-state index contributed by atoms with van der Waals surface area (Å²) < 4.78 is 32.7. The smallest absolute Gasteiger partial charge is 0.243 e. The average Bonchev–Trinajstić information content (AvgIpc) is 2.74. The lowest BCUT2D eigenvalue weighted by molar-refractivity contribution is -0.140. The first-order valence-corrected chi connectivity index (χ1v) is 11.5. The molecule has 1 aromatic carbocycles. The van der Waals surface area contributed by atoms with Gasteiger partial charge in [0.2, 0.25) is 15.9 Å². The Morgan fingerprint density at radius 1 is 1.07 bits per heavy atom. The minimum absolute atomic E-state index is 0.0721. The minimum Gasteiger partial charge on any atom is -0.375 e. The zero-order valence-electron chi connectivity index (χ0n) is 17.0. The molecule has 0 N–H and O–H groups in total. The molecule has 0 aliphatic carbocycles. The monoisotopic (exact) mass is 423 g/mol. The van der Waals surface area contributed by atoms with Crippen LogP contribution in [0, 0.1) is 0 Å². The molecule has 2 aliphatic heterocycles. The predicted molar refractivity (Wildman–Crippen MR) is 108 cm³/mol. The van der Waals surface area contributed by atoms with Crippen molar-refractivity contribution in [1.29, 1.82) is 0 Å². The van der Waals surface area contributed by atoms with Gasteiger partial charge < -0.3 is 9.64 Å². The SMILES string of the molecule is CCC1CN(C(=O)CN2CCN(S(=O)(=O)c3ccc(C(C)=O)cc3)CC2)CCO1. The van der Waals surface area contributed by atoms with Crippen LogP contribution in [0.4, 0.5) is 0 Å². The number of hydrogen-bond donors (Lipinski definition) is 0. The van der Waals surface area contributed by atoms with E-state index in [2.05, 4.69) is 0 Å². The summed E-state index contributed by atoms with van der Waals surface area (Å²) >= 11 is 0. The second kappa shape index (κ2) is 9.34. The highest BCUT2D eigenvalue weighted by molar-refractivity contribution is 7.89. The molecule has 8 nitrogen and oxygen atoms in total. The Morgan fingerprint density at radius 3 is 2.31 bits per heavy atom. The minimum atomic E-state index is -3.60. The molecule has 3 rings (SSSR count). The number of carbonyl (C=O) groups is 2. The van der Waals surface area contributed by atoms with Crippen molar-refractivity contribution in [3.8, 4) is 0 Å². The van der Waals surface area contributed by atoms with Gasteiger partial charge in [0.1, 0.15) is 0 Å². The maximum absolute atomic E-state index is 12.8. The molecule has 0 spiro atoms. The van der Waals surface area contributed by atoms with Gasteiger partial charge in [0, 0.05) is 44.8 Å². The number of piperazine rings is 1. The topological polar surface area (TPSA) is 87.2 Å². The molecule has 0 saturated carbocycles. The molecule has 0 bridgehead atoms. The van der Waals surface area contributed by atoms with Crippen molar-refractivity contribution in [2.24, 2.45) is 0 Å². The second-order valence-electron chi connectivity index (χ2n) is 7.50. The normalized spacial score (nSPS) is 21.9. The van der Waals surface area contributed by atoms with Crippen LogP contribution < -0.4 is 0 Å². The van der Waals surface area contributed by atoms with E-state index in [0.29, 0.717) is 58.0 Å². The largest absolute Gasteiger partial charge is 0.375 e. The molecule has 1 amide bonds. The Balaban J connectivity index is 1.54. The number of benzene rings is 1. The molecule has 29 heavy (non-hydrogen) atoms. The van der Waals surface area contributed by atoms with Crippen LogP contribution in [0.2, 0.25) is 0 Å². The highest BCUT2D eigenvalue weighted by Crippen LogP contribution is 2.19. The Kier molecular flexibility index (Phi) is 7.05. The summed E-state index contributed by atoms with van der Waals surface area (Å²) in [7, 11) is -3.60. The van der Waals surface area contributed by atoms with Crippen LogP contribution in [0.3, 0.4) is 0 Å². The van der Waals surface area contributed by atoms with E-state index in [9.17, 15) is 18.0 Å².